The Bertz CT molecular complexity index is 167. The van der Waals surface area contributed by atoms with Crippen molar-refractivity contribution in [2.24, 2.45) is 5.41 Å². The highest BCUT2D eigenvalue weighted by molar-refractivity contribution is 5.82. The summed E-state index contributed by atoms with van der Waals surface area (Å²) in [7, 11) is 0. The van der Waals surface area contributed by atoms with Crippen LogP contribution in [0.25, 0.3) is 0 Å². The third kappa shape index (κ3) is 2.06. The summed E-state index contributed by atoms with van der Waals surface area (Å²) in [6.45, 7) is 5.52. The Hall–Kier alpha value is -1.04. The summed E-state index contributed by atoms with van der Waals surface area (Å²) in [5.74, 6) is -0.211. The lowest BCUT2D eigenvalue weighted by molar-refractivity contribution is -0.128. The van der Waals surface area contributed by atoms with E-state index in [0.29, 0.717) is 0 Å². The number of rotatable bonds is 2. The molecule has 0 rings (SSSR count). The van der Waals surface area contributed by atoms with Crippen LogP contribution in [0, 0.1) is 16.9 Å². The molecule has 0 heterocycles. The van der Waals surface area contributed by atoms with Crippen molar-refractivity contribution in [3.63, 3.8) is 0 Å². The van der Waals surface area contributed by atoms with Crippen LogP contribution in [-0.2, 0) is 4.79 Å². The number of carbonyl (C=O) groups excluding carboxylic acids is 1. The zero-order chi connectivity index (χ0) is 8.20. The highest BCUT2D eigenvalue weighted by Crippen LogP contribution is 2.18. The van der Waals surface area contributed by atoms with Gasteiger partial charge in [0.25, 0.3) is 0 Å². The van der Waals surface area contributed by atoms with Gasteiger partial charge in [-0.3, -0.25) is 10.1 Å². The SMILES string of the molecule is CCC(C)(C)C(=O)NC#N. The molecule has 0 aromatic carbocycles. The number of nitriles is 1. The van der Waals surface area contributed by atoms with E-state index in [1.165, 1.54) is 0 Å². The second-order valence-electron chi connectivity index (χ2n) is 2.80. The van der Waals surface area contributed by atoms with Crippen molar-refractivity contribution in [3.05, 3.63) is 0 Å². The average molecular weight is 140 g/mol. The van der Waals surface area contributed by atoms with E-state index in [4.69, 9.17) is 5.26 Å². The lowest BCUT2D eigenvalue weighted by Gasteiger charge is -2.18. The smallest absolute Gasteiger partial charge is 0.238 e. The Labute approximate surface area is 61.0 Å². The van der Waals surface area contributed by atoms with Crippen LogP contribution in [0.1, 0.15) is 27.2 Å². The summed E-state index contributed by atoms with van der Waals surface area (Å²) in [5, 5.41) is 10.2. The Balaban J connectivity index is 4.08. The molecule has 0 aromatic rings. The van der Waals surface area contributed by atoms with Gasteiger partial charge in [-0.25, -0.2) is 0 Å². The summed E-state index contributed by atoms with van der Waals surface area (Å²) in [4.78, 5) is 11.0. The van der Waals surface area contributed by atoms with Gasteiger partial charge in [-0.2, -0.15) is 5.26 Å². The summed E-state index contributed by atoms with van der Waals surface area (Å²) in [5.41, 5.74) is -0.421. The molecule has 3 heteroatoms. The monoisotopic (exact) mass is 140 g/mol. The molecular weight excluding hydrogens is 128 g/mol. The minimum absolute atomic E-state index is 0.211. The maximum Gasteiger partial charge on any atom is 0.238 e. The number of nitrogens with one attached hydrogen (secondary N) is 1. The molecular formula is C7H12N2O. The van der Waals surface area contributed by atoms with Crippen LogP contribution >= 0.6 is 0 Å². The fourth-order valence-corrected chi connectivity index (χ4v) is 0.381. The maximum absolute atomic E-state index is 11.0. The Morgan fingerprint density at radius 3 is 2.50 bits per heavy atom. The molecule has 0 unspecified atom stereocenters. The van der Waals surface area contributed by atoms with Gasteiger partial charge >= 0.3 is 0 Å². The largest absolute Gasteiger partial charge is 0.273 e. The minimum Gasteiger partial charge on any atom is -0.273 e. The first kappa shape index (κ1) is 8.96. The lowest BCUT2D eigenvalue weighted by Crippen LogP contribution is -2.33. The van der Waals surface area contributed by atoms with Crippen LogP contribution in [0.15, 0.2) is 0 Å². The molecule has 0 aliphatic carbocycles. The van der Waals surface area contributed by atoms with Crippen LogP contribution in [-0.4, -0.2) is 5.91 Å². The molecule has 0 spiro atoms. The molecule has 0 radical (unpaired) electrons. The Kier molecular flexibility index (Phi) is 2.88. The zero-order valence-electron chi connectivity index (χ0n) is 6.56. The van der Waals surface area contributed by atoms with Crippen molar-refractivity contribution >= 4 is 5.91 Å². The standard InChI is InChI=1S/C7H12N2O/c1-4-7(2,3)6(10)9-5-8/h4H2,1-3H3,(H,9,10). The molecule has 3 nitrogen and oxygen atoms in total. The van der Waals surface area contributed by atoms with E-state index < -0.39 is 5.41 Å². The van der Waals surface area contributed by atoms with Gasteiger partial charge in [0.15, 0.2) is 6.19 Å². The molecule has 0 bridgehead atoms. The average Bonchev–Trinajstić information content (AvgIpc) is 1.89. The van der Waals surface area contributed by atoms with Gasteiger partial charge < -0.3 is 0 Å². The van der Waals surface area contributed by atoms with Crippen LogP contribution in [0.4, 0.5) is 0 Å². The third-order valence-electron chi connectivity index (χ3n) is 1.67. The Morgan fingerprint density at radius 1 is 1.70 bits per heavy atom. The molecule has 0 saturated heterocycles. The fourth-order valence-electron chi connectivity index (χ4n) is 0.381. The molecule has 0 aromatic heterocycles. The first-order valence-electron chi connectivity index (χ1n) is 3.24. The predicted molar refractivity (Wildman–Crippen MR) is 37.8 cm³/mol. The topological polar surface area (TPSA) is 52.9 Å². The van der Waals surface area contributed by atoms with E-state index in [2.05, 4.69) is 5.32 Å². The summed E-state index contributed by atoms with van der Waals surface area (Å²) < 4.78 is 0. The third-order valence-corrected chi connectivity index (χ3v) is 1.67. The Morgan fingerprint density at radius 2 is 2.20 bits per heavy atom. The fraction of sp³-hybridized carbons (Fsp3) is 0.714. The van der Waals surface area contributed by atoms with E-state index >= 15 is 0 Å². The van der Waals surface area contributed by atoms with Crippen molar-refractivity contribution in [2.75, 3.05) is 0 Å². The molecule has 0 saturated carbocycles. The molecule has 56 valence electrons. The van der Waals surface area contributed by atoms with Crippen molar-refractivity contribution < 1.29 is 4.79 Å². The van der Waals surface area contributed by atoms with Crippen LogP contribution in [0.5, 0.6) is 0 Å². The molecule has 0 aliphatic heterocycles. The van der Waals surface area contributed by atoms with E-state index in [9.17, 15) is 4.79 Å². The molecule has 10 heavy (non-hydrogen) atoms. The van der Waals surface area contributed by atoms with Gasteiger partial charge in [0.05, 0.1) is 0 Å². The second kappa shape index (κ2) is 3.21. The molecule has 1 N–H and O–H groups in total. The number of nitrogens with zero attached hydrogens (tertiary/aromatic N) is 1. The highest BCUT2D eigenvalue weighted by atomic mass is 16.2. The van der Waals surface area contributed by atoms with Crippen molar-refractivity contribution in [1.82, 2.24) is 5.32 Å². The number of hydrogen-bond donors (Lipinski definition) is 1. The summed E-state index contributed by atoms with van der Waals surface area (Å²) in [6, 6.07) is 0. The first-order chi connectivity index (χ1) is 4.54. The van der Waals surface area contributed by atoms with Crippen molar-refractivity contribution in [3.8, 4) is 6.19 Å². The predicted octanol–water partition coefficient (Wildman–Crippen LogP) is 1.02. The molecule has 0 atom stereocenters. The van der Waals surface area contributed by atoms with Gasteiger partial charge in [0, 0.05) is 5.41 Å². The molecule has 0 aliphatic rings. The van der Waals surface area contributed by atoms with Gasteiger partial charge in [-0.15, -0.1) is 0 Å². The quantitative estimate of drug-likeness (QED) is 0.460. The van der Waals surface area contributed by atoms with E-state index in [1.807, 2.05) is 6.92 Å². The number of hydrogen-bond acceptors (Lipinski definition) is 2. The summed E-state index contributed by atoms with van der Waals surface area (Å²) >= 11 is 0. The lowest BCUT2D eigenvalue weighted by atomic mass is 9.89. The van der Waals surface area contributed by atoms with Gasteiger partial charge in [-0.05, 0) is 6.42 Å². The van der Waals surface area contributed by atoms with Gasteiger partial charge in [-0.1, -0.05) is 20.8 Å². The second-order valence-corrected chi connectivity index (χ2v) is 2.80. The minimum atomic E-state index is -0.421. The molecule has 1 amide bonds. The van der Waals surface area contributed by atoms with E-state index in [-0.39, 0.29) is 5.91 Å². The highest BCUT2D eigenvalue weighted by Gasteiger charge is 2.24. The first-order valence-corrected chi connectivity index (χ1v) is 3.24. The van der Waals surface area contributed by atoms with Crippen molar-refractivity contribution in [2.45, 2.75) is 27.2 Å². The van der Waals surface area contributed by atoms with Gasteiger partial charge in [0.2, 0.25) is 5.91 Å². The summed E-state index contributed by atoms with van der Waals surface area (Å²) in [6.07, 6.45) is 2.34. The van der Waals surface area contributed by atoms with Crippen LogP contribution in [0.2, 0.25) is 0 Å². The van der Waals surface area contributed by atoms with Gasteiger partial charge in [0.1, 0.15) is 0 Å². The number of amides is 1. The van der Waals surface area contributed by atoms with E-state index in [1.54, 1.807) is 20.0 Å². The van der Waals surface area contributed by atoms with Crippen LogP contribution in [0.3, 0.4) is 0 Å². The molecule has 0 fully saturated rings. The zero-order valence-corrected chi connectivity index (χ0v) is 6.56. The van der Waals surface area contributed by atoms with Crippen LogP contribution < -0.4 is 5.32 Å². The maximum atomic E-state index is 11.0. The van der Waals surface area contributed by atoms with Crippen molar-refractivity contribution in [1.29, 1.82) is 5.26 Å². The number of carbonyl (C=O) groups is 1. The van der Waals surface area contributed by atoms with E-state index in [0.717, 1.165) is 6.42 Å². The normalized spacial score (nSPS) is 10.2.